The van der Waals surface area contributed by atoms with Crippen LogP contribution in [0.25, 0.3) is 0 Å². The Morgan fingerprint density at radius 3 is 2.83 bits per heavy atom. The van der Waals surface area contributed by atoms with Crippen LogP contribution in [0.3, 0.4) is 0 Å². The van der Waals surface area contributed by atoms with E-state index in [0.29, 0.717) is 5.70 Å². The Bertz CT molecular complexity index is 783. The standard InChI is InChI=1S/C17H15N3O2S/c1-22-17(21)14-9-13-15(11-7-8-23-10-11)19-20(16(13)18-14)12-5-3-2-4-6-12/h2-10,13,16,18H,1H3. The maximum Gasteiger partial charge on any atom is 0.353 e. The number of ether oxygens (including phenoxy) is 1. The van der Waals surface area contributed by atoms with E-state index in [1.54, 1.807) is 11.3 Å². The number of fused-ring (bicyclic) bond motifs is 1. The summed E-state index contributed by atoms with van der Waals surface area (Å²) in [6, 6.07) is 12.0. The van der Waals surface area contributed by atoms with Crippen LogP contribution in [0.5, 0.6) is 0 Å². The van der Waals surface area contributed by atoms with Gasteiger partial charge in [0.25, 0.3) is 0 Å². The van der Waals surface area contributed by atoms with Crippen LogP contribution in [0, 0.1) is 5.92 Å². The Labute approximate surface area is 137 Å². The van der Waals surface area contributed by atoms with Crippen LogP contribution in [0.15, 0.2) is 64.0 Å². The first-order valence-electron chi connectivity index (χ1n) is 7.30. The summed E-state index contributed by atoms with van der Waals surface area (Å²) in [5.74, 6) is -0.337. The van der Waals surface area contributed by atoms with Crippen LogP contribution in [0.4, 0.5) is 5.69 Å². The van der Waals surface area contributed by atoms with Crippen molar-refractivity contribution in [3.63, 3.8) is 0 Å². The molecule has 116 valence electrons. The number of anilines is 1. The second-order valence-electron chi connectivity index (χ2n) is 5.36. The van der Waals surface area contributed by atoms with Gasteiger partial charge in [0.2, 0.25) is 0 Å². The highest BCUT2D eigenvalue weighted by molar-refractivity contribution is 7.08. The molecule has 0 radical (unpaired) electrons. The highest BCUT2D eigenvalue weighted by Gasteiger charge is 2.43. The predicted molar refractivity (Wildman–Crippen MR) is 90.3 cm³/mol. The minimum Gasteiger partial charge on any atom is -0.464 e. The zero-order valence-electron chi connectivity index (χ0n) is 12.5. The first-order chi connectivity index (χ1) is 11.3. The number of rotatable bonds is 3. The van der Waals surface area contributed by atoms with Crippen molar-refractivity contribution in [1.29, 1.82) is 0 Å². The molecule has 1 aromatic carbocycles. The molecule has 2 aromatic rings. The van der Waals surface area contributed by atoms with Gasteiger partial charge in [-0.2, -0.15) is 16.4 Å². The third kappa shape index (κ3) is 2.31. The van der Waals surface area contributed by atoms with Gasteiger partial charge in [-0.25, -0.2) is 9.80 Å². The van der Waals surface area contributed by atoms with Gasteiger partial charge in [-0.15, -0.1) is 0 Å². The minimum atomic E-state index is -0.350. The largest absolute Gasteiger partial charge is 0.464 e. The van der Waals surface area contributed by atoms with Crippen molar-refractivity contribution in [2.45, 2.75) is 6.17 Å². The quantitative estimate of drug-likeness (QED) is 0.881. The van der Waals surface area contributed by atoms with Gasteiger partial charge in [0, 0.05) is 5.56 Å². The molecule has 5 nitrogen and oxygen atoms in total. The topological polar surface area (TPSA) is 53.9 Å². The van der Waals surface area contributed by atoms with Crippen LogP contribution in [0.2, 0.25) is 0 Å². The van der Waals surface area contributed by atoms with E-state index in [1.165, 1.54) is 7.11 Å². The number of thiophene rings is 1. The van der Waals surface area contributed by atoms with Gasteiger partial charge in [0.1, 0.15) is 11.9 Å². The van der Waals surface area contributed by atoms with E-state index in [-0.39, 0.29) is 18.1 Å². The number of carbonyl (C=O) groups is 1. The van der Waals surface area contributed by atoms with E-state index in [0.717, 1.165) is 17.0 Å². The Morgan fingerprint density at radius 1 is 1.30 bits per heavy atom. The van der Waals surface area contributed by atoms with Crippen molar-refractivity contribution in [2.75, 3.05) is 12.1 Å². The summed E-state index contributed by atoms with van der Waals surface area (Å²) in [6.07, 6.45) is 1.80. The molecule has 1 N–H and O–H groups in total. The smallest absolute Gasteiger partial charge is 0.353 e. The molecule has 23 heavy (non-hydrogen) atoms. The van der Waals surface area contributed by atoms with Gasteiger partial charge in [-0.05, 0) is 35.0 Å². The lowest BCUT2D eigenvalue weighted by Crippen LogP contribution is -2.41. The zero-order chi connectivity index (χ0) is 15.8. The summed E-state index contributed by atoms with van der Waals surface area (Å²) in [7, 11) is 1.39. The molecule has 1 aromatic heterocycles. The summed E-state index contributed by atoms with van der Waals surface area (Å²) in [5, 5.41) is 14.1. The highest BCUT2D eigenvalue weighted by Crippen LogP contribution is 2.35. The van der Waals surface area contributed by atoms with Crippen LogP contribution in [0.1, 0.15) is 5.56 Å². The van der Waals surface area contributed by atoms with Crippen molar-refractivity contribution < 1.29 is 9.53 Å². The summed E-state index contributed by atoms with van der Waals surface area (Å²) in [6.45, 7) is 0. The molecule has 4 rings (SSSR count). The minimum absolute atomic E-state index is 0.0129. The Hall–Kier alpha value is -2.60. The number of hydrogen-bond acceptors (Lipinski definition) is 6. The molecule has 0 spiro atoms. The average molecular weight is 325 g/mol. The maximum atomic E-state index is 11.9. The van der Waals surface area contributed by atoms with E-state index in [4.69, 9.17) is 9.84 Å². The molecule has 2 atom stereocenters. The van der Waals surface area contributed by atoms with Crippen molar-refractivity contribution in [3.05, 3.63) is 64.5 Å². The van der Waals surface area contributed by atoms with E-state index < -0.39 is 0 Å². The van der Waals surface area contributed by atoms with Crippen molar-refractivity contribution >= 4 is 28.7 Å². The molecule has 0 saturated heterocycles. The summed E-state index contributed by atoms with van der Waals surface area (Å²) in [5.41, 5.74) is 3.53. The van der Waals surface area contributed by atoms with E-state index in [2.05, 4.69) is 16.8 Å². The van der Waals surface area contributed by atoms with E-state index in [9.17, 15) is 4.79 Å². The van der Waals surface area contributed by atoms with Gasteiger partial charge in [0.05, 0.1) is 24.4 Å². The summed E-state index contributed by atoms with van der Waals surface area (Å²) >= 11 is 1.64. The second-order valence-corrected chi connectivity index (χ2v) is 6.14. The molecule has 3 heterocycles. The van der Waals surface area contributed by atoms with E-state index in [1.807, 2.05) is 46.8 Å². The van der Waals surface area contributed by atoms with Gasteiger partial charge in [-0.1, -0.05) is 18.2 Å². The van der Waals surface area contributed by atoms with Gasteiger partial charge < -0.3 is 10.1 Å². The SMILES string of the molecule is COC(=O)C1=CC2C(c3ccsc3)=NN(c3ccccc3)C2N1. The summed E-state index contributed by atoms with van der Waals surface area (Å²) in [4.78, 5) is 11.9. The lowest BCUT2D eigenvalue weighted by Gasteiger charge is -2.24. The first kappa shape index (κ1) is 14.0. The van der Waals surface area contributed by atoms with Gasteiger partial charge in [0.15, 0.2) is 0 Å². The average Bonchev–Trinajstić information content (AvgIpc) is 3.30. The number of para-hydroxylation sites is 1. The third-order valence-corrected chi connectivity index (χ3v) is 4.71. The van der Waals surface area contributed by atoms with Gasteiger partial charge >= 0.3 is 5.97 Å². The molecular weight excluding hydrogens is 310 g/mol. The summed E-state index contributed by atoms with van der Waals surface area (Å²) < 4.78 is 4.84. The Morgan fingerprint density at radius 2 is 2.13 bits per heavy atom. The molecular formula is C17H15N3O2S. The predicted octanol–water partition coefficient (Wildman–Crippen LogP) is 2.57. The number of hydrazone groups is 1. The fraction of sp³-hybridized carbons (Fsp3) is 0.176. The molecule has 0 bridgehead atoms. The third-order valence-electron chi connectivity index (χ3n) is 4.03. The lowest BCUT2D eigenvalue weighted by molar-refractivity contribution is -0.136. The van der Waals surface area contributed by atoms with E-state index >= 15 is 0 Å². The number of nitrogens with zero attached hydrogens (tertiary/aromatic N) is 2. The van der Waals surface area contributed by atoms with Crippen molar-refractivity contribution in [3.8, 4) is 0 Å². The Kier molecular flexibility index (Phi) is 3.38. The normalized spacial score (nSPS) is 22.2. The fourth-order valence-corrected chi connectivity index (χ4v) is 3.60. The molecule has 2 aliphatic rings. The van der Waals surface area contributed by atoms with Crippen LogP contribution in [-0.2, 0) is 9.53 Å². The molecule has 2 aliphatic heterocycles. The molecule has 0 fully saturated rings. The monoisotopic (exact) mass is 325 g/mol. The molecule has 0 aliphatic carbocycles. The lowest BCUT2D eigenvalue weighted by atomic mass is 9.98. The van der Waals surface area contributed by atoms with Crippen molar-refractivity contribution in [1.82, 2.24) is 5.32 Å². The van der Waals surface area contributed by atoms with Crippen molar-refractivity contribution in [2.24, 2.45) is 11.0 Å². The fourth-order valence-electron chi connectivity index (χ4n) is 2.95. The van der Waals surface area contributed by atoms with Crippen LogP contribution in [-0.4, -0.2) is 25.0 Å². The molecule has 0 saturated carbocycles. The second kappa shape index (κ2) is 5.55. The van der Waals surface area contributed by atoms with Crippen LogP contribution < -0.4 is 10.3 Å². The number of nitrogens with one attached hydrogen (secondary N) is 1. The molecule has 2 unspecified atom stereocenters. The highest BCUT2D eigenvalue weighted by atomic mass is 32.1. The molecule has 6 heteroatoms. The Balaban J connectivity index is 1.75. The first-order valence-corrected chi connectivity index (χ1v) is 8.24. The maximum absolute atomic E-state index is 11.9. The number of methoxy groups -OCH3 is 1. The molecule has 0 amide bonds. The van der Waals surface area contributed by atoms with Gasteiger partial charge in [-0.3, -0.25) is 0 Å². The van der Waals surface area contributed by atoms with Crippen LogP contribution >= 0.6 is 11.3 Å². The number of carbonyl (C=O) groups excluding carboxylic acids is 1. The number of hydrogen-bond donors (Lipinski definition) is 1. The number of benzene rings is 1. The zero-order valence-corrected chi connectivity index (χ0v) is 13.3. The number of esters is 1.